The van der Waals surface area contributed by atoms with E-state index in [4.69, 9.17) is 0 Å². The van der Waals surface area contributed by atoms with E-state index in [-0.39, 0.29) is 0 Å². The molecule has 0 aliphatic rings. The standard InChI is InChI=1S/C13H22N2O2S/c1-4-9-15(3)18(16,17)13-8-6-7-12(10-13)11-14-5-2/h6-8,10,14H,4-5,9,11H2,1-3H3. The van der Waals surface area contributed by atoms with Crippen molar-refractivity contribution in [3.63, 3.8) is 0 Å². The molecule has 0 spiro atoms. The molecule has 0 saturated carbocycles. The first-order valence-corrected chi connectivity index (χ1v) is 7.72. The molecule has 0 aliphatic heterocycles. The van der Waals surface area contributed by atoms with E-state index in [1.54, 1.807) is 25.2 Å². The minimum absolute atomic E-state index is 0.369. The molecule has 0 aromatic heterocycles. The maximum atomic E-state index is 12.3. The number of benzene rings is 1. The van der Waals surface area contributed by atoms with Gasteiger partial charge < -0.3 is 5.32 Å². The Kier molecular flexibility index (Phi) is 5.78. The number of hydrogen-bond acceptors (Lipinski definition) is 3. The van der Waals surface area contributed by atoms with E-state index >= 15 is 0 Å². The van der Waals surface area contributed by atoms with Crippen molar-refractivity contribution in [1.82, 2.24) is 9.62 Å². The molecule has 0 aliphatic carbocycles. The summed E-state index contributed by atoms with van der Waals surface area (Å²) in [7, 11) is -1.72. The maximum Gasteiger partial charge on any atom is 0.242 e. The zero-order valence-electron chi connectivity index (χ0n) is 11.3. The molecule has 0 amide bonds. The van der Waals surface area contributed by atoms with Crippen molar-refractivity contribution >= 4 is 10.0 Å². The molecule has 4 nitrogen and oxygen atoms in total. The van der Waals surface area contributed by atoms with E-state index in [0.29, 0.717) is 18.0 Å². The molecule has 0 bridgehead atoms. The van der Waals surface area contributed by atoms with Gasteiger partial charge in [-0.2, -0.15) is 0 Å². The number of hydrogen-bond donors (Lipinski definition) is 1. The summed E-state index contributed by atoms with van der Waals surface area (Å²) < 4.78 is 25.9. The molecular formula is C13H22N2O2S. The maximum absolute atomic E-state index is 12.3. The van der Waals surface area contributed by atoms with Crippen LogP contribution in [0.5, 0.6) is 0 Å². The fourth-order valence-electron chi connectivity index (χ4n) is 1.70. The molecule has 0 heterocycles. The molecule has 0 atom stereocenters. The highest BCUT2D eigenvalue weighted by Crippen LogP contribution is 2.16. The molecule has 0 radical (unpaired) electrons. The normalized spacial score (nSPS) is 12.0. The van der Waals surface area contributed by atoms with Crippen molar-refractivity contribution in [3.8, 4) is 0 Å². The van der Waals surface area contributed by atoms with Crippen LogP contribution in [0.2, 0.25) is 0 Å². The van der Waals surface area contributed by atoms with Crippen molar-refractivity contribution in [3.05, 3.63) is 29.8 Å². The molecule has 1 N–H and O–H groups in total. The lowest BCUT2D eigenvalue weighted by Gasteiger charge is -2.16. The van der Waals surface area contributed by atoms with Crippen LogP contribution in [0.25, 0.3) is 0 Å². The second-order valence-corrected chi connectivity index (χ2v) is 6.30. The summed E-state index contributed by atoms with van der Waals surface area (Å²) in [5, 5.41) is 3.19. The summed E-state index contributed by atoms with van der Waals surface area (Å²) in [4.78, 5) is 0.369. The summed E-state index contributed by atoms with van der Waals surface area (Å²) in [6.45, 7) is 6.09. The molecule has 5 heteroatoms. The Hall–Kier alpha value is -0.910. The lowest BCUT2D eigenvalue weighted by molar-refractivity contribution is 0.468. The molecule has 0 fully saturated rings. The molecule has 102 valence electrons. The summed E-state index contributed by atoms with van der Waals surface area (Å²) in [6, 6.07) is 7.11. The van der Waals surface area contributed by atoms with E-state index in [1.165, 1.54) is 4.31 Å². The third kappa shape index (κ3) is 3.80. The van der Waals surface area contributed by atoms with E-state index < -0.39 is 10.0 Å². The van der Waals surface area contributed by atoms with E-state index in [0.717, 1.165) is 18.5 Å². The van der Waals surface area contributed by atoms with E-state index in [2.05, 4.69) is 5.32 Å². The highest BCUT2D eigenvalue weighted by atomic mass is 32.2. The van der Waals surface area contributed by atoms with Crippen molar-refractivity contribution in [1.29, 1.82) is 0 Å². The van der Waals surface area contributed by atoms with E-state index in [1.807, 2.05) is 19.9 Å². The van der Waals surface area contributed by atoms with Gasteiger partial charge in [0.05, 0.1) is 4.90 Å². The minimum atomic E-state index is -3.34. The van der Waals surface area contributed by atoms with Gasteiger partial charge in [0.15, 0.2) is 0 Å². The quantitative estimate of drug-likeness (QED) is 0.822. The van der Waals surface area contributed by atoms with Gasteiger partial charge in [0.2, 0.25) is 10.0 Å². The average molecular weight is 270 g/mol. The predicted molar refractivity (Wildman–Crippen MR) is 73.9 cm³/mol. The van der Waals surface area contributed by atoms with Gasteiger partial charge in [-0.15, -0.1) is 0 Å². The van der Waals surface area contributed by atoms with Crippen molar-refractivity contribution in [2.45, 2.75) is 31.7 Å². The van der Waals surface area contributed by atoms with Crippen LogP contribution in [0.3, 0.4) is 0 Å². The topological polar surface area (TPSA) is 49.4 Å². The average Bonchev–Trinajstić information content (AvgIpc) is 2.37. The third-order valence-corrected chi connectivity index (χ3v) is 4.58. The van der Waals surface area contributed by atoms with Crippen LogP contribution in [0, 0.1) is 0 Å². The van der Waals surface area contributed by atoms with Crippen LogP contribution >= 0.6 is 0 Å². The van der Waals surface area contributed by atoms with Gasteiger partial charge in [-0.3, -0.25) is 0 Å². The lowest BCUT2D eigenvalue weighted by Crippen LogP contribution is -2.27. The predicted octanol–water partition coefficient (Wildman–Crippen LogP) is 1.83. The first-order chi connectivity index (χ1) is 8.52. The van der Waals surface area contributed by atoms with Crippen LogP contribution in [0.15, 0.2) is 29.2 Å². The van der Waals surface area contributed by atoms with Crippen molar-refractivity contribution in [2.75, 3.05) is 20.1 Å². The second kappa shape index (κ2) is 6.87. The second-order valence-electron chi connectivity index (χ2n) is 4.25. The third-order valence-electron chi connectivity index (χ3n) is 2.72. The van der Waals surface area contributed by atoms with Crippen LogP contribution in [0.4, 0.5) is 0 Å². The smallest absolute Gasteiger partial charge is 0.242 e. The van der Waals surface area contributed by atoms with Crippen LogP contribution in [-0.4, -0.2) is 32.9 Å². The largest absolute Gasteiger partial charge is 0.313 e. The molecule has 1 aromatic carbocycles. The molecule has 0 saturated heterocycles. The highest BCUT2D eigenvalue weighted by Gasteiger charge is 2.19. The van der Waals surface area contributed by atoms with Crippen LogP contribution in [0.1, 0.15) is 25.8 Å². The summed E-state index contributed by atoms with van der Waals surface area (Å²) in [5.74, 6) is 0. The number of nitrogens with one attached hydrogen (secondary N) is 1. The first kappa shape index (κ1) is 15.1. The van der Waals surface area contributed by atoms with Crippen LogP contribution in [-0.2, 0) is 16.6 Å². The van der Waals surface area contributed by atoms with Gasteiger partial charge in [0, 0.05) is 20.1 Å². The number of sulfonamides is 1. The first-order valence-electron chi connectivity index (χ1n) is 6.28. The van der Waals surface area contributed by atoms with Crippen molar-refractivity contribution < 1.29 is 8.42 Å². The Balaban J connectivity index is 2.95. The number of nitrogens with zero attached hydrogens (tertiary/aromatic N) is 1. The Morgan fingerprint density at radius 2 is 2.00 bits per heavy atom. The molecule has 18 heavy (non-hydrogen) atoms. The monoisotopic (exact) mass is 270 g/mol. The molecular weight excluding hydrogens is 248 g/mol. The summed E-state index contributed by atoms with van der Waals surface area (Å²) in [6.07, 6.45) is 0.812. The van der Waals surface area contributed by atoms with Crippen LogP contribution < -0.4 is 5.32 Å². The summed E-state index contributed by atoms with van der Waals surface area (Å²) in [5.41, 5.74) is 0.989. The van der Waals surface area contributed by atoms with Gasteiger partial charge in [-0.05, 0) is 30.7 Å². The molecule has 0 unspecified atom stereocenters. The Morgan fingerprint density at radius 3 is 2.61 bits per heavy atom. The van der Waals surface area contributed by atoms with Gasteiger partial charge >= 0.3 is 0 Å². The van der Waals surface area contributed by atoms with Gasteiger partial charge in [-0.1, -0.05) is 26.0 Å². The lowest BCUT2D eigenvalue weighted by atomic mass is 10.2. The van der Waals surface area contributed by atoms with E-state index in [9.17, 15) is 8.42 Å². The Bertz CT molecular complexity index is 472. The highest BCUT2D eigenvalue weighted by molar-refractivity contribution is 7.89. The van der Waals surface area contributed by atoms with Gasteiger partial charge in [0.25, 0.3) is 0 Å². The minimum Gasteiger partial charge on any atom is -0.313 e. The Labute approximate surface area is 110 Å². The summed E-state index contributed by atoms with van der Waals surface area (Å²) >= 11 is 0. The SMILES string of the molecule is CCCN(C)S(=O)(=O)c1cccc(CNCC)c1. The number of rotatable bonds is 7. The molecule has 1 aromatic rings. The Morgan fingerprint density at radius 1 is 1.28 bits per heavy atom. The van der Waals surface area contributed by atoms with Gasteiger partial charge in [-0.25, -0.2) is 12.7 Å². The zero-order valence-corrected chi connectivity index (χ0v) is 12.1. The fourth-order valence-corrected chi connectivity index (χ4v) is 3.03. The van der Waals surface area contributed by atoms with Crippen molar-refractivity contribution in [2.24, 2.45) is 0 Å². The zero-order chi connectivity index (χ0) is 13.6. The van der Waals surface area contributed by atoms with Gasteiger partial charge in [0.1, 0.15) is 0 Å². The fraction of sp³-hybridized carbons (Fsp3) is 0.538. The molecule has 1 rings (SSSR count).